The van der Waals surface area contributed by atoms with E-state index in [-0.39, 0.29) is 23.4 Å². The molecule has 2 aromatic heterocycles. The standard InChI is InChI=1S/C21H23BrN6O2.ClH/c1-26-9-15(17-3-2-16(22)6-18(17)26)10-27-11-21(12-27)4-5-28(13-21)20-23-7-14(8-24-20)19(29)25-30;/h2-3,6-9,30H,4-5,10-13H2,1H3,(H,25,29);1H. The van der Waals surface area contributed by atoms with E-state index in [2.05, 4.69) is 71.7 Å². The zero-order valence-electron chi connectivity index (χ0n) is 17.1. The highest BCUT2D eigenvalue weighted by Crippen LogP contribution is 2.41. The molecule has 1 aromatic carbocycles. The molecular formula is C21H24BrClN6O2. The molecule has 2 N–H and O–H groups in total. The van der Waals surface area contributed by atoms with Gasteiger partial charge < -0.3 is 9.47 Å². The lowest BCUT2D eigenvalue weighted by atomic mass is 9.79. The highest BCUT2D eigenvalue weighted by atomic mass is 79.9. The van der Waals surface area contributed by atoms with E-state index in [0.717, 1.165) is 43.6 Å². The van der Waals surface area contributed by atoms with Gasteiger partial charge in [0.25, 0.3) is 5.91 Å². The number of hydrogen-bond acceptors (Lipinski definition) is 6. The summed E-state index contributed by atoms with van der Waals surface area (Å²) in [5.41, 5.74) is 4.75. The third-order valence-electron chi connectivity index (χ3n) is 6.27. The van der Waals surface area contributed by atoms with E-state index in [1.807, 2.05) is 0 Å². The van der Waals surface area contributed by atoms with Crippen LogP contribution in [0.1, 0.15) is 22.3 Å². The topological polar surface area (TPSA) is 86.5 Å². The van der Waals surface area contributed by atoms with Crippen LogP contribution in [0, 0.1) is 5.41 Å². The molecule has 3 aromatic rings. The van der Waals surface area contributed by atoms with Crippen LogP contribution in [0.4, 0.5) is 5.95 Å². The summed E-state index contributed by atoms with van der Waals surface area (Å²) in [4.78, 5) is 24.7. The number of hydrogen-bond donors (Lipinski definition) is 2. The predicted octanol–water partition coefficient (Wildman–Crippen LogP) is 2.98. The molecule has 0 aliphatic carbocycles. The van der Waals surface area contributed by atoms with Crippen LogP contribution in [0.25, 0.3) is 10.9 Å². The number of aryl methyl sites for hydroxylation is 1. The Labute approximate surface area is 194 Å². The first-order valence-corrected chi connectivity index (χ1v) is 10.7. The Hall–Kier alpha value is -2.20. The van der Waals surface area contributed by atoms with Gasteiger partial charge in [-0.25, -0.2) is 15.4 Å². The number of fused-ring (bicyclic) bond motifs is 1. The van der Waals surface area contributed by atoms with Crippen molar-refractivity contribution in [3.8, 4) is 0 Å². The Morgan fingerprint density at radius 2 is 2.00 bits per heavy atom. The number of aromatic nitrogens is 3. The molecule has 2 aliphatic rings. The molecule has 0 saturated carbocycles. The van der Waals surface area contributed by atoms with Gasteiger partial charge in [-0.05, 0) is 24.1 Å². The van der Waals surface area contributed by atoms with Gasteiger partial charge in [0.05, 0.1) is 5.56 Å². The van der Waals surface area contributed by atoms with Crippen molar-refractivity contribution in [3.05, 3.63) is 52.4 Å². The van der Waals surface area contributed by atoms with Crippen LogP contribution in [0.15, 0.2) is 41.3 Å². The van der Waals surface area contributed by atoms with E-state index in [9.17, 15) is 4.79 Å². The molecular weight excluding hydrogens is 484 g/mol. The Bertz CT molecular complexity index is 1110. The van der Waals surface area contributed by atoms with Crippen molar-refractivity contribution in [2.75, 3.05) is 31.1 Å². The summed E-state index contributed by atoms with van der Waals surface area (Å²) in [5, 5.41) is 10.0. The number of nitrogens with zero attached hydrogens (tertiary/aromatic N) is 5. The van der Waals surface area contributed by atoms with E-state index in [1.54, 1.807) is 5.48 Å². The molecule has 0 bridgehead atoms. The van der Waals surface area contributed by atoms with E-state index in [4.69, 9.17) is 5.21 Å². The Kier molecular flexibility index (Phi) is 5.95. The van der Waals surface area contributed by atoms with Crippen LogP contribution in [-0.2, 0) is 13.6 Å². The number of amides is 1. The van der Waals surface area contributed by atoms with Crippen molar-refractivity contribution >= 4 is 51.1 Å². The zero-order chi connectivity index (χ0) is 20.9. The fraction of sp³-hybridized carbons (Fsp3) is 0.381. The lowest BCUT2D eigenvalue weighted by Crippen LogP contribution is -2.56. The van der Waals surface area contributed by atoms with Crippen LogP contribution >= 0.6 is 28.3 Å². The van der Waals surface area contributed by atoms with Crippen molar-refractivity contribution in [2.24, 2.45) is 12.5 Å². The molecule has 2 aliphatic heterocycles. The minimum absolute atomic E-state index is 0. The number of benzene rings is 1. The van der Waals surface area contributed by atoms with Crippen molar-refractivity contribution in [3.63, 3.8) is 0 Å². The van der Waals surface area contributed by atoms with Crippen LogP contribution in [0.3, 0.4) is 0 Å². The Morgan fingerprint density at radius 1 is 1.26 bits per heavy atom. The van der Waals surface area contributed by atoms with Gasteiger partial charge in [-0.15, -0.1) is 12.4 Å². The fourth-order valence-electron chi connectivity index (χ4n) is 4.85. The minimum Gasteiger partial charge on any atom is -0.350 e. The average Bonchev–Trinajstić information content (AvgIpc) is 3.30. The lowest BCUT2D eigenvalue weighted by Gasteiger charge is -2.48. The minimum atomic E-state index is -0.602. The third-order valence-corrected chi connectivity index (χ3v) is 6.76. The van der Waals surface area contributed by atoms with Crippen LogP contribution in [0.2, 0.25) is 0 Å². The second-order valence-electron chi connectivity index (χ2n) is 8.46. The molecule has 10 heteroatoms. The van der Waals surface area contributed by atoms with Gasteiger partial charge in [0.2, 0.25) is 5.95 Å². The number of nitrogens with one attached hydrogen (secondary N) is 1. The quantitative estimate of drug-likeness (QED) is 0.417. The number of halogens is 2. The maximum Gasteiger partial charge on any atom is 0.277 e. The molecule has 0 atom stereocenters. The normalized spacial score (nSPS) is 17.6. The van der Waals surface area contributed by atoms with Gasteiger partial charge in [0.1, 0.15) is 0 Å². The average molecular weight is 508 g/mol. The molecule has 2 fully saturated rings. The molecule has 1 spiro atoms. The van der Waals surface area contributed by atoms with E-state index < -0.39 is 5.91 Å². The van der Waals surface area contributed by atoms with Gasteiger partial charge in [-0.3, -0.25) is 14.9 Å². The first-order valence-electron chi connectivity index (χ1n) is 9.94. The number of hydroxylamine groups is 1. The smallest absolute Gasteiger partial charge is 0.277 e. The summed E-state index contributed by atoms with van der Waals surface area (Å²) < 4.78 is 3.30. The molecule has 4 heterocycles. The van der Waals surface area contributed by atoms with Crippen LogP contribution in [0.5, 0.6) is 0 Å². The zero-order valence-corrected chi connectivity index (χ0v) is 19.5. The monoisotopic (exact) mass is 506 g/mol. The maximum absolute atomic E-state index is 11.4. The summed E-state index contributed by atoms with van der Waals surface area (Å²) in [7, 11) is 2.10. The van der Waals surface area contributed by atoms with Gasteiger partial charge in [0, 0.05) is 79.2 Å². The number of rotatable bonds is 4. The lowest BCUT2D eigenvalue weighted by molar-refractivity contribution is 0.0119. The Balaban J connectivity index is 0.00000231. The SMILES string of the molecule is Cl.Cn1cc(CN2CC3(CCN(c4ncc(C(=O)NO)cn4)C3)C2)c2ccc(Br)cc21. The van der Waals surface area contributed by atoms with E-state index >= 15 is 0 Å². The van der Waals surface area contributed by atoms with Crippen molar-refractivity contribution in [1.29, 1.82) is 0 Å². The maximum atomic E-state index is 11.4. The van der Waals surface area contributed by atoms with Gasteiger partial charge in [0.15, 0.2) is 0 Å². The first kappa shape index (κ1) is 22.0. The number of likely N-dealkylation sites (tertiary alicyclic amines) is 1. The molecule has 31 heavy (non-hydrogen) atoms. The van der Waals surface area contributed by atoms with Gasteiger partial charge in [-0.1, -0.05) is 22.0 Å². The molecule has 5 rings (SSSR count). The van der Waals surface area contributed by atoms with Crippen molar-refractivity contribution < 1.29 is 10.0 Å². The summed E-state index contributed by atoms with van der Waals surface area (Å²) in [6, 6.07) is 6.47. The van der Waals surface area contributed by atoms with Crippen molar-refractivity contribution in [2.45, 2.75) is 13.0 Å². The van der Waals surface area contributed by atoms with E-state index in [0.29, 0.717) is 5.95 Å². The molecule has 1 amide bonds. The number of anilines is 1. The largest absolute Gasteiger partial charge is 0.350 e. The first-order chi connectivity index (χ1) is 14.5. The molecule has 0 unspecified atom stereocenters. The van der Waals surface area contributed by atoms with Crippen molar-refractivity contribution in [1.82, 2.24) is 24.9 Å². The van der Waals surface area contributed by atoms with Gasteiger partial charge in [-0.2, -0.15) is 0 Å². The molecule has 164 valence electrons. The molecule has 2 saturated heterocycles. The second kappa shape index (κ2) is 8.38. The summed E-state index contributed by atoms with van der Waals surface area (Å²) >= 11 is 3.56. The Morgan fingerprint density at radius 3 is 2.71 bits per heavy atom. The molecule has 0 radical (unpaired) electrons. The van der Waals surface area contributed by atoms with Crippen LogP contribution < -0.4 is 10.4 Å². The highest BCUT2D eigenvalue weighted by molar-refractivity contribution is 9.10. The molecule has 8 nitrogen and oxygen atoms in total. The summed E-state index contributed by atoms with van der Waals surface area (Å²) in [5.74, 6) is 0.0364. The van der Waals surface area contributed by atoms with Gasteiger partial charge >= 0.3 is 0 Å². The predicted molar refractivity (Wildman–Crippen MR) is 124 cm³/mol. The number of carbonyl (C=O) groups is 1. The highest BCUT2D eigenvalue weighted by Gasteiger charge is 2.48. The van der Waals surface area contributed by atoms with E-state index in [1.165, 1.54) is 28.9 Å². The number of carbonyl (C=O) groups excluding carboxylic acids is 1. The van der Waals surface area contributed by atoms with Crippen LogP contribution in [-0.4, -0.2) is 56.7 Å². The summed E-state index contributed by atoms with van der Waals surface area (Å²) in [6.07, 6.45) is 6.25. The third kappa shape index (κ3) is 4.03. The fourth-order valence-corrected chi connectivity index (χ4v) is 5.20. The summed E-state index contributed by atoms with van der Waals surface area (Å²) in [6.45, 7) is 4.95. The second-order valence-corrected chi connectivity index (χ2v) is 9.37.